The predicted molar refractivity (Wildman–Crippen MR) is 214 cm³/mol. The summed E-state index contributed by atoms with van der Waals surface area (Å²) in [5.74, 6) is 7.06. The molecule has 4 atom stereocenters. The minimum atomic E-state index is 0.930. The summed E-state index contributed by atoms with van der Waals surface area (Å²) >= 11 is 7.06. The zero-order valence-corrected chi connectivity index (χ0v) is 33.8. The van der Waals surface area contributed by atoms with Gasteiger partial charge in [-0.15, -0.1) is 0 Å². The molecule has 0 aromatic carbocycles. The predicted octanol–water partition coefficient (Wildman–Crippen LogP) is 15.2. The summed E-state index contributed by atoms with van der Waals surface area (Å²) in [6.45, 7) is 18.7. The smallest absolute Gasteiger partial charge is 0.0215 e. The maximum absolute atomic E-state index is 3.53. The number of thiol groups is 2. The van der Waals surface area contributed by atoms with Gasteiger partial charge in [-0.25, -0.2) is 0 Å². The van der Waals surface area contributed by atoms with E-state index in [1.54, 1.807) is 18.1 Å². The van der Waals surface area contributed by atoms with E-state index in [1.807, 2.05) is 0 Å². The van der Waals surface area contributed by atoms with Gasteiger partial charge in [-0.1, -0.05) is 156 Å². The van der Waals surface area contributed by atoms with Crippen LogP contribution < -0.4 is 0 Å². The molecule has 0 spiro atoms. The summed E-state index contributed by atoms with van der Waals surface area (Å²) in [5.41, 5.74) is 1.60. The Morgan fingerprint density at radius 3 is 1.64 bits per heavy atom. The van der Waals surface area contributed by atoms with Crippen molar-refractivity contribution < 1.29 is 0 Å². The molecule has 2 saturated carbocycles. The molecule has 2 fully saturated rings. The molecule has 4 unspecified atom stereocenters. The van der Waals surface area contributed by atoms with Gasteiger partial charge < -0.3 is 0 Å². The van der Waals surface area contributed by atoms with Crippen LogP contribution in [0.1, 0.15) is 190 Å². The van der Waals surface area contributed by atoms with Gasteiger partial charge in [0.2, 0.25) is 0 Å². The minimum absolute atomic E-state index is 0.930. The molecule has 0 N–H and O–H groups in total. The fourth-order valence-electron chi connectivity index (χ4n) is 7.43. The van der Waals surface area contributed by atoms with Gasteiger partial charge in [0.05, 0.1) is 0 Å². The molecule has 0 bridgehead atoms. The quantitative estimate of drug-likeness (QED) is 0.189. The number of hydrogen-bond donors (Lipinski definition) is 2. The van der Waals surface area contributed by atoms with Crippen LogP contribution in [0.2, 0.25) is 0 Å². The molecule has 44 heavy (non-hydrogen) atoms. The Morgan fingerprint density at radius 2 is 1.18 bits per heavy atom. The number of rotatable bonds is 8. The molecule has 0 aromatic heterocycles. The second-order valence-corrected chi connectivity index (χ2v) is 14.6. The highest BCUT2D eigenvalue weighted by Gasteiger charge is 2.21. The zero-order chi connectivity index (χ0) is 33.6. The van der Waals surface area contributed by atoms with Crippen molar-refractivity contribution in [3.63, 3.8) is 0 Å². The topological polar surface area (TPSA) is 0 Å². The molecule has 0 nitrogen and oxygen atoms in total. The summed E-state index contributed by atoms with van der Waals surface area (Å²) in [7, 11) is 0. The van der Waals surface area contributed by atoms with E-state index in [0.29, 0.717) is 0 Å². The van der Waals surface area contributed by atoms with Gasteiger partial charge in [-0.3, -0.25) is 0 Å². The summed E-state index contributed by atoms with van der Waals surface area (Å²) < 4.78 is 0. The Kier molecular flexibility index (Phi) is 34.8. The summed E-state index contributed by atoms with van der Waals surface area (Å²) in [4.78, 5) is 0. The van der Waals surface area contributed by atoms with E-state index < -0.39 is 0 Å². The molecular weight excluding hydrogens is 569 g/mol. The SMILES string of the molecule is CCC(C)C1CC=C(C)CC1.CCC(C)C1CCC(C)CC1.CCCC1CC=CCC1.CCCC1CCCCC1.CS.CS. The van der Waals surface area contributed by atoms with Crippen molar-refractivity contribution in [1.82, 2.24) is 0 Å². The van der Waals surface area contributed by atoms with Crippen LogP contribution in [0.15, 0.2) is 23.8 Å². The third kappa shape index (κ3) is 24.4. The fraction of sp³-hybridized carbons (Fsp3) is 0.905. The van der Waals surface area contributed by atoms with Crippen molar-refractivity contribution in [1.29, 1.82) is 0 Å². The number of hydrogen-bond acceptors (Lipinski definition) is 2. The maximum atomic E-state index is 3.53. The first-order chi connectivity index (χ1) is 21.3. The largest absolute Gasteiger partial charge is 0.183 e. The maximum Gasteiger partial charge on any atom is -0.0215 e. The van der Waals surface area contributed by atoms with E-state index in [-0.39, 0.29) is 0 Å². The van der Waals surface area contributed by atoms with Gasteiger partial charge in [-0.05, 0) is 112 Å². The summed E-state index contributed by atoms with van der Waals surface area (Å²) in [5, 5.41) is 0. The second kappa shape index (κ2) is 33.1. The Bertz CT molecular complexity index is 621. The molecule has 2 heteroatoms. The van der Waals surface area contributed by atoms with Gasteiger partial charge in [-0.2, -0.15) is 25.3 Å². The summed E-state index contributed by atoms with van der Waals surface area (Å²) in [6, 6.07) is 0. The van der Waals surface area contributed by atoms with Crippen molar-refractivity contribution in [2.45, 2.75) is 190 Å². The van der Waals surface area contributed by atoms with Crippen molar-refractivity contribution in [2.24, 2.45) is 41.4 Å². The highest BCUT2D eigenvalue weighted by molar-refractivity contribution is 7.79. The molecule has 4 rings (SSSR count). The lowest BCUT2D eigenvalue weighted by molar-refractivity contribution is 0.219. The average Bonchev–Trinajstić information content (AvgIpc) is 3.09. The van der Waals surface area contributed by atoms with Gasteiger partial charge >= 0.3 is 0 Å². The van der Waals surface area contributed by atoms with Crippen LogP contribution in [0.5, 0.6) is 0 Å². The number of allylic oxidation sites excluding steroid dienone is 4. The van der Waals surface area contributed by atoms with E-state index >= 15 is 0 Å². The van der Waals surface area contributed by atoms with Crippen LogP contribution in [0.25, 0.3) is 0 Å². The van der Waals surface area contributed by atoms with Crippen LogP contribution in [-0.4, -0.2) is 12.5 Å². The monoisotopic (exact) mass is 653 g/mol. The minimum Gasteiger partial charge on any atom is -0.183 e. The first-order valence-corrected chi connectivity index (χ1v) is 21.3. The average molecular weight is 653 g/mol. The van der Waals surface area contributed by atoms with Gasteiger partial charge in [0, 0.05) is 0 Å². The molecule has 264 valence electrons. The van der Waals surface area contributed by atoms with Crippen molar-refractivity contribution >= 4 is 25.3 Å². The Labute approximate surface area is 292 Å². The fourth-order valence-corrected chi connectivity index (χ4v) is 7.43. The first-order valence-electron chi connectivity index (χ1n) is 19.5. The molecule has 0 heterocycles. The molecule has 0 aliphatic heterocycles. The molecular formula is C42H84S2. The van der Waals surface area contributed by atoms with E-state index in [9.17, 15) is 0 Å². The van der Waals surface area contributed by atoms with E-state index in [1.165, 1.54) is 135 Å². The lowest BCUT2D eigenvalue weighted by Crippen LogP contribution is -2.18. The standard InChI is InChI=1S/C11H22.C11H20.C9H18.C9H16.2CH4S/c2*1-4-10(3)11-7-5-9(2)6-8-11;2*1-2-6-9-7-4-3-5-8-9;2*1-2/h9-11H,4-8H2,1-3H3;5,10-11H,4,6-8H2,1-3H3;9H,2-8H2,1H3;3-4,9H,2,5-8H2,1H3;2*2H,1H3. The Balaban J connectivity index is 0. The van der Waals surface area contributed by atoms with Crippen LogP contribution in [0.4, 0.5) is 0 Å². The van der Waals surface area contributed by atoms with E-state index in [4.69, 9.17) is 0 Å². The molecule has 0 radical (unpaired) electrons. The van der Waals surface area contributed by atoms with Gasteiger partial charge in [0.1, 0.15) is 0 Å². The van der Waals surface area contributed by atoms with Crippen LogP contribution in [0, 0.1) is 41.4 Å². The zero-order valence-electron chi connectivity index (χ0n) is 32.0. The normalized spacial score (nSPS) is 26.0. The third-order valence-electron chi connectivity index (χ3n) is 11.1. The van der Waals surface area contributed by atoms with Crippen LogP contribution in [0.3, 0.4) is 0 Å². The molecule has 0 amide bonds. The van der Waals surface area contributed by atoms with Crippen molar-refractivity contribution in [3.8, 4) is 0 Å². The van der Waals surface area contributed by atoms with E-state index in [0.717, 1.165) is 41.4 Å². The van der Waals surface area contributed by atoms with Gasteiger partial charge in [0.25, 0.3) is 0 Å². The van der Waals surface area contributed by atoms with Crippen LogP contribution >= 0.6 is 25.3 Å². The molecule has 0 aromatic rings. The van der Waals surface area contributed by atoms with E-state index in [2.05, 4.69) is 98.9 Å². The Hall–Kier alpha value is 0.180. The van der Waals surface area contributed by atoms with Crippen molar-refractivity contribution in [2.75, 3.05) is 12.5 Å². The molecule has 4 aliphatic rings. The van der Waals surface area contributed by atoms with Gasteiger partial charge in [0.15, 0.2) is 0 Å². The third-order valence-corrected chi connectivity index (χ3v) is 11.1. The lowest BCUT2D eigenvalue weighted by atomic mass is 9.76. The lowest BCUT2D eigenvalue weighted by Gasteiger charge is -2.30. The highest BCUT2D eigenvalue weighted by atomic mass is 32.1. The second-order valence-electron chi connectivity index (χ2n) is 14.6. The molecule has 0 saturated heterocycles. The highest BCUT2D eigenvalue weighted by Crippen LogP contribution is 2.34. The molecule has 4 aliphatic carbocycles. The Morgan fingerprint density at radius 1 is 0.636 bits per heavy atom. The summed E-state index contributed by atoms with van der Waals surface area (Å²) in [6.07, 6.45) is 40.6. The first kappa shape index (κ1) is 46.3. The van der Waals surface area contributed by atoms with Crippen molar-refractivity contribution in [3.05, 3.63) is 23.8 Å². The van der Waals surface area contributed by atoms with Crippen LogP contribution in [-0.2, 0) is 0 Å².